The quantitative estimate of drug-likeness (QED) is 0.450. The van der Waals surface area contributed by atoms with E-state index in [9.17, 15) is 19.5 Å². The molecule has 0 aliphatic rings. The van der Waals surface area contributed by atoms with Crippen LogP contribution in [0.3, 0.4) is 0 Å². The zero-order valence-electron chi connectivity index (χ0n) is 17.9. The average Bonchev–Trinajstić information content (AvgIpc) is 2.78. The Labute approximate surface area is 189 Å². The number of nitrogens with one attached hydrogen (secondary N) is 1. The van der Waals surface area contributed by atoms with Crippen molar-refractivity contribution < 1.29 is 23.8 Å². The first-order chi connectivity index (χ1) is 15.4. The molecule has 2 N–H and O–H groups in total. The molecule has 0 aliphatic heterocycles. The molecule has 2 aromatic carbocycles. The van der Waals surface area contributed by atoms with Crippen LogP contribution in [0.15, 0.2) is 57.7 Å². The minimum absolute atomic E-state index is 0.232. The molecule has 3 rings (SSSR count). The van der Waals surface area contributed by atoms with Crippen molar-refractivity contribution in [2.75, 3.05) is 12.4 Å². The van der Waals surface area contributed by atoms with Gasteiger partial charge in [0.25, 0.3) is 5.91 Å². The molecule has 0 fully saturated rings. The van der Waals surface area contributed by atoms with Crippen molar-refractivity contribution >= 4 is 34.6 Å². The molecular weight excluding hydrogens is 430 g/mol. The average molecular weight is 456 g/mol. The predicted octanol–water partition coefficient (Wildman–Crippen LogP) is 3.55. The summed E-state index contributed by atoms with van der Waals surface area (Å²) in [6.07, 6.45) is 0.684. The second-order valence-electron chi connectivity index (χ2n) is 7.26. The van der Waals surface area contributed by atoms with Crippen molar-refractivity contribution in [2.24, 2.45) is 0 Å². The third-order valence-electron chi connectivity index (χ3n) is 4.97. The number of carboxylic acids is 1. The number of hydrogen-bond acceptors (Lipinski definition) is 6. The Morgan fingerprint density at radius 1 is 1.19 bits per heavy atom. The summed E-state index contributed by atoms with van der Waals surface area (Å²) in [6, 6.07) is 13.6. The van der Waals surface area contributed by atoms with Gasteiger partial charge in [-0.2, -0.15) is 11.8 Å². The molecule has 0 radical (unpaired) electrons. The maximum Gasteiger partial charge on any atom is 0.336 e. The number of aryl methyl sites for hydroxylation is 2. The van der Waals surface area contributed by atoms with Gasteiger partial charge in [0.2, 0.25) is 0 Å². The number of rotatable bonds is 10. The van der Waals surface area contributed by atoms with Crippen molar-refractivity contribution in [1.82, 2.24) is 5.32 Å². The lowest BCUT2D eigenvalue weighted by Crippen LogP contribution is -2.44. The number of benzene rings is 2. The molecule has 8 heteroatoms. The fourth-order valence-corrected chi connectivity index (χ4v) is 4.29. The topological polar surface area (TPSA) is 106 Å². The fraction of sp³-hybridized carbons (Fsp3) is 0.292. The van der Waals surface area contributed by atoms with Crippen molar-refractivity contribution in [1.29, 1.82) is 0 Å². The van der Waals surface area contributed by atoms with E-state index in [0.29, 0.717) is 29.1 Å². The Hall–Kier alpha value is -3.26. The van der Waals surface area contributed by atoms with Crippen LogP contribution in [-0.4, -0.2) is 35.4 Å². The van der Waals surface area contributed by atoms with E-state index in [0.717, 1.165) is 16.5 Å². The first-order valence-electron chi connectivity index (χ1n) is 10.2. The lowest BCUT2D eigenvalue weighted by atomic mass is 10.0. The summed E-state index contributed by atoms with van der Waals surface area (Å²) in [6.45, 7) is 3.35. The molecule has 3 aromatic rings. The highest BCUT2D eigenvalue weighted by molar-refractivity contribution is 7.98. The van der Waals surface area contributed by atoms with Gasteiger partial charge in [-0.25, -0.2) is 9.59 Å². The van der Waals surface area contributed by atoms with E-state index in [2.05, 4.69) is 5.32 Å². The molecule has 0 saturated heterocycles. The highest BCUT2D eigenvalue weighted by Crippen LogP contribution is 2.28. The van der Waals surface area contributed by atoms with Crippen LogP contribution in [0.4, 0.5) is 0 Å². The first-order valence-corrected chi connectivity index (χ1v) is 11.4. The summed E-state index contributed by atoms with van der Waals surface area (Å²) in [5.74, 6) is -0.362. The Kier molecular flexibility index (Phi) is 7.94. The highest BCUT2D eigenvalue weighted by atomic mass is 32.2. The Morgan fingerprint density at radius 2 is 1.94 bits per heavy atom. The van der Waals surface area contributed by atoms with E-state index in [1.54, 1.807) is 19.1 Å². The number of carbonyl (C=O) groups excluding carboxylic acids is 1. The molecule has 0 bridgehead atoms. The molecule has 1 heterocycles. The van der Waals surface area contributed by atoms with E-state index in [1.165, 1.54) is 17.8 Å². The molecule has 0 aliphatic carbocycles. The minimum atomic E-state index is -1.10. The Bertz CT molecular complexity index is 1160. The summed E-state index contributed by atoms with van der Waals surface area (Å²) < 4.78 is 10.9. The van der Waals surface area contributed by atoms with Gasteiger partial charge in [0, 0.05) is 28.5 Å². The summed E-state index contributed by atoms with van der Waals surface area (Å²) in [7, 11) is 0. The molecule has 0 saturated carbocycles. The molecule has 7 nitrogen and oxygen atoms in total. The summed E-state index contributed by atoms with van der Waals surface area (Å²) in [5, 5.41) is 12.8. The number of carboxylic acid groups (broad SMARTS) is 1. The van der Waals surface area contributed by atoms with Gasteiger partial charge >= 0.3 is 11.6 Å². The van der Waals surface area contributed by atoms with Crippen LogP contribution in [0.2, 0.25) is 0 Å². The van der Waals surface area contributed by atoms with Crippen molar-refractivity contribution in [3.05, 3.63) is 75.6 Å². The van der Waals surface area contributed by atoms with Crippen LogP contribution in [0.1, 0.15) is 23.6 Å². The molecule has 1 atom stereocenters. The van der Waals surface area contributed by atoms with E-state index in [-0.39, 0.29) is 12.4 Å². The van der Waals surface area contributed by atoms with Gasteiger partial charge in [0.05, 0.1) is 0 Å². The second-order valence-corrected chi connectivity index (χ2v) is 8.29. The number of fused-ring (bicyclic) bond motifs is 1. The van der Waals surface area contributed by atoms with Crippen LogP contribution >= 0.6 is 11.8 Å². The number of ether oxygens (including phenoxy) is 1. The minimum Gasteiger partial charge on any atom is -0.483 e. The predicted molar refractivity (Wildman–Crippen MR) is 124 cm³/mol. The van der Waals surface area contributed by atoms with Crippen LogP contribution in [-0.2, 0) is 21.8 Å². The van der Waals surface area contributed by atoms with Gasteiger partial charge in [-0.05, 0) is 36.6 Å². The Balaban J connectivity index is 1.60. The van der Waals surface area contributed by atoms with Crippen LogP contribution < -0.4 is 15.7 Å². The van der Waals surface area contributed by atoms with Gasteiger partial charge in [0.1, 0.15) is 17.4 Å². The monoisotopic (exact) mass is 455 g/mol. The third kappa shape index (κ3) is 5.91. The maximum absolute atomic E-state index is 12.3. The zero-order chi connectivity index (χ0) is 23.1. The number of amides is 1. The maximum atomic E-state index is 12.3. The molecule has 32 heavy (non-hydrogen) atoms. The van der Waals surface area contributed by atoms with Gasteiger partial charge in [-0.15, -0.1) is 0 Å². The number of carbonyl (C=O) groups is 2. The largest absolute Gasteiger partial charge is 0.483 e. The van der Waals surface area contributed by atoms with Gasteiger partial charge in [0.15, 0.2) is 6.61 Å². The van der Waals surface area contributed by atoms with Gasteiger partial charge < -0.3 is 19.6 Å². The molecular formula is C24H25NO6S. The van der Waals surface area contributed by atoms with E-state index in [4.69, 9.17) is 9.15 Å². The number of hydrogen-bond donors (Lipinski definition) is 2. The van der Waals surface area contributed by atoms with E-state index in [1.807, 2.05) is 37.3 Å². The van der Waals surface area contributed by atoms with Crippen LogP contribution in [0.25, 0.3) is 11.0 Å². The van der Waals surface area contributed by atoms with E-state index < -0.39 is 23.5 Å². The lowest BCUT2D eigenvalue weighted by Gasteiger charge is -2.16. The van der Waals surface area contributed by atoms with Crippen molar-refractivity contribution in [2.45, 2.75) is 32.1 Å². The smallest absolute Gasteiger partial charge is 0.336 e. The first kappa shape index (κ1) is 23.4. The third-order valence-corrected chi connectivity index (χ3v) is 6.07. The molecule has 0 unspecified atom stereocenters. The van der Waals surface area contributed by atoms with Crippen LogP contribution in [0.5, 0.6) is 5.75 Å². The molecule has 1 aromatic heterocycles. The summed E-state index contributed by atoms with van der Waals surface area (Å²) >= 11 is 1.43. The van der Waals surface area contributed by atoms with Crippen molar-refractivity contribution in [3.63, 3.8) is 0 Å². The molecule has 0 spiro atoms. The highest BCUT2D eigenvalue weighted by Gasteiger charge is 2.20. The fourth-order valence-electron chi connectivity index (χ4n) is 3.28. The van der Waals surface area contributed by atoms with E-state index >= 15 is 0 Å². The molecule has 1 amide bonds. The summed E-state index contributed by atoms with van der Waals surface area (Å²) in [5.41, 5.74) is 2.55. The summed E-state index contributed by atoms with van der Waals surface area (Å²) in [4.78, 5) is 35.7. The number of aliphatic carboxylic acids is 1. The Morgan fingerprint density at radius 3 is 2.62 bits per heavy atom. The van der Waals surface area contributed by atoms with Gasteiger partial charge in [-0.1, -0.05) is 37.3 Å². The number of thioether (sulfide) groups is 1. The molecule has 168 valence electrons. The standard InChI is InChI=1S/C24H25NO6S/c1-3-17-11-22(27)31-23-15(2)20(10-9-18(17)23)30-12-21(26)25-19(24(28)29)14-32-13-16-7-5-4-6-8-16/h4-11,19H,3,12-14H2,1-2H3,(H,25,26)(H,28,29)/t19-/m0/s1. The van der Waals surface area contributed by atoms with Gasteiger partial charge in [-0.3, -0.25) is 4.79 Å². The zero-order valence-corrected chi connectivity index (χ0v) is 18.7. The normalized spacial score (nSPS) is 11.8. The van der Waals surface area contributed by atoms with Crippen LogP contribution in [0, 0.1) is 6.92 Å². The lowest BCUT2D eigenvalue weighted by molar-refractivity contribution is -0.141. The van der Waals surface area contributed by atoms with Crippen molar-refractivity contribution in [3.8, 4) is 5.75 Å². The second kappa shape index (κ2) is 10.9. The SMILES string of the molecule is CCc1cc(=O)oc2c(C)c(OCC(=O)N[C@@H](CSCc3ccccc3)C(=O)O)ccc12.